The molecule has 5 rings (SSSR count). The second-order valence-electron chi connectivity index (χ2n) is 8.77. The summed E-state index contributed by atoms with van der Waals surface area (Å²) < 4.78 is 11.0. The first-order chi connectivity index (χ1) is 16.8. The van der Waals surface area contributed by atoms with Crippen LogP contribution in [0.2, 0.25) is 0 Å². The normalized spacial score (nSPS) is 15.7. The molecule has 34 heavy (non-hydrogen) atoms. The number of likely N-dealkylation sites (tertiary alicyclic amines) is 1. The Balaban J connectivity index is 1.35. The summed E-state index contributed by atoms with van der Waals surface area (Å²) in [6.45, 7) is 3.06. The van der Waals surface area contributed by atoms with Crippen molar-refractivity contribution in [3.05, 3.63) is 106 Å². The minimum Gasteiger partial charge on any atom is -0.493 e. The van der Waals surface area contributed by atoms with Gasteiger partial charge in [0.15, 0.2) is 11.5 Å². The van der Waals surface area contributed by atoms with E-state index in [0.717, 1.165) is 49.5 Å². The second-order valence-corrected chi connectivity index (χ2v) is 8.77. The van der Waals surface area contributed by atoms with Crippen LogP contribution in [0, 0.1) is 0 Å². The highest BCUT2D eigenvalue weighted by Gasteiger charge is 2.22. The van der Waals surface area contributed by atoms with Gasteiger partial charge >= 0.3 is 0 Å². The second kappa shape index (κ2) is 10.1. The van der Waals surface area contributed by atoms with Gasteiger partial charge < -0.3 is 9.47 Å². The number of nitrogens with zero attached hydrogens (tertiary/aromatic N) is 1. The van der Waals surface area contributed by atoms with Gasteiger partial charge in [0.2, 0.25) is 0 Å². The molecule has 2 aliphatic rings. The van der Waals surface area contributed by atoms with Crippen LogP contribution >= 0.6 is 0 Å². The lowest BCUT2D eigenvalue weighted by molar-refractivity contribution is 0.284. The third kappa shape index (κ3) is 4.44. The molecule has 172 valence electrons. The minimum atomic E-state index is 0.761. The number of rotatable bonds is 5. The van der Waals surface area contributed by atoms with E-state index >= 15 is 0 Å². The van der Waals surface area contributed by atoms with Gasteiger partial charge in [0.1, 0.15) is 0 Å². The van der Waals surface area contributed by atoms with E-state index in [0.29, 0.717) is 0 Å². The van der Waals surface area contributed by atoms with E-state index in [2.05, 4.69) is 83.8 Å². The number of ether oxygens (including phenoxy) is 2. The first kappa shape index (κ1) is 22.2. The molecule has 3 aromatic rings. The highest BCUT2D eigenvalue weighted by Crippen LogP contribution is 2.38. The molecule has 1 saturated heterocycles. The van der Waals surface area contributed by atoms with Crippen LogP contribution in [0.25, 0.3) is 23.8 Å². The topological polar surface area (TPSA) is 21.7 Å². The summed E-state index contributed by atoms with van der Waals surface area (Å²) in [5, 5.41) is 0. The van der Waals surface area contributed by atoms with Crippen LogP contribution < -0.4 is 9.47 Å². The van der Waals surface area contributed by atoms with Crippen LogP contribution in [0.5, 0.6) is 11.5 Å². The van der Waals surface area contributed by atoms with Gasteiger partial charge in [-0.05, 0) is 46.7 Å². The highest BCUT2D eigenvalue weighted by atomic mass is 16.5. The summed E-state index contributed by atoms with van der Waals surface area (Å²) in [6.07, 6.45) is 11.1. The standard InChI is InChI=1S/C31H31NO2/c1-33-29-15-7-11-26(31(29)34-2)12-8-20-32-21-18-25(19-22-32)30-27-13-5-3-9-23(27)16-17-24-10-4-6-14-28(24)30/h3-17H,18-22H2,1-2H3/b12-8+. The summed E-state index contributed by atoms with van der Waals surface area (Å²) in [6, 6.07) is 23.6. The number of hydrogen-bond donors (Lipinski definition) is 0. The lowest BCUT2D eigenvalue weighted by Gasteiger charge is -2.29. The molecule has 3 aromatic carbocycles. The van der Waals surface area contributed by atoms with Crippen LogP contribution in [-0.2, 0) is 0 Å². The number of para-hydroxylation sites is 1. The van der Waals surface area contributed by atoms with Crippen molar-refractivity contribution in [1.29, 1.82) is 0 Å². The van der Waals surface area contributed by atoms with Crippen molar-refractivity contribution in [3.63, 3.8) is 0 Å². The largest absolute Gasteiger partial charge is 0.493 e. The van der Waals surface area contributed by atoms with E-state index in [1.807, 2.05) is 12.1 Å². The predicted octanol–water partition coefficient (Wildman–Crippen LogP) is 6.80. The van der Waals surface area contributed by atoms with Gasteiger partial charge in [-0.3, -0.25) is 4.90 Å². The van der Waals surface area contributed by atoms with Crippen LogP contribution in [0.3, 0.4) is 0 Å². The van der Waals surface area contributed by atoms with Gasteiger partial charge in [0, 0.05) is 25.2 Å². The Labute approximate surface area is 202 Å². The van der Waals surface area contributed by atoms with Crippen molar-refractivity contribution in [2.24, 2.45) is 0 Å². The third-order valence-corrected chi connectivity index (χ3v) is 6.81. The van der Waals surface area contributed by atoms with Gasteiger partial charge in [-0.25, -0.2) is 0 Å². The zero-order valence-electron chi connectivity index (χ0n) is 20.0. The van der Waals surface area contributed by atoms with E-state index in [9.17, 15) is 0 Å². The quantitative estimate of drug-likeness (QED) is 0.334. The maximum atomic E-state index is 5.56. The summed E-state index contributed by atoms with van der Waals surface area (Å²) in [5.74, 6) is 1.54. The van der Waals surface area contributed by atoms with E-state index in [1.54, 1.807) is 19.8 Å². The molecular formula is C31H31NO2. The lowest BCUT2D eigenvalue weighted by atomic mass is 9.86. The molecule has 1 aliphatic carbocycles. The number of piperidine rings is 1. The average Bonchev–Trinajstić information content (AvgIpc) is 3.06. The monoisotopic (exact) mass is 449 g/mol. The molecule has 0 unspecified atom stereocenters. The van der Waals surface area contributed by atoms with Crippen LogP contribution in [0.15, 0.2) is 78.4 Å². The van der Waals surface area contributed by atoms with Crippen LogP contribution in [-0.4, -0.2) is 38.8 Å². The van der Waals surface area contributed by atoms with Gasteiger partial charge in [0.25, 0.3) is 0 Å². The molecule has 0 amide bonds. The Hall–Kier alpha value is -3.56. The Morgan fingerprint density at radius 3 is 2.03 bits per heavy atom. The fourth-order valence-electron chi connectivity index (χ4n) is 5.07. The smallest absolute Gasteiger partial charge is 0.167 e. The van der Waals surface area contributed by atoms with Gasteiger partial charge in [0.05, 0.1) is 14.2 Å². The summed E-state index contributed by atoms with van der Waals surface area (Å²) in [7, 11) is 3.36. The first-order valence-electron chi connectivity index (χ1n) is 12.0. The number of fused-ring (bicyclic) bond motifs is 2. The minimum absolute atomic E-state index is 0.761. The summed E-state index contributed by atoms with van der Waals surface area (Å²) in [4.78, 5) is 2.53. The van der Waals surface area contributed by atoms with Crippen molar-refractivity contribution in [1.82, 2.24) is 4.90 Å². The molecule has 3 nitrogen and oxygen atoms in total. The Morgan fingerprint density at radius 1 is 0.765 bits per heavy atom. The molecule has 0 bridgehead atoms. The molecule has 1 fully saturated rings. The highest BCUT2D eigenvalue weighted by molar-refractivity contribution is 5.94. The molecule has 3 heteroatoms. The van der Waals surface area contributed by atoms with Crippen molar-refractivity contribution in [2.75, 3.05) is 33.9 Å². The van der Waals surface area contributed by atoms with Gasteiger partial charge in [-0.2, -0.15) is 0 Å². The molecule has 0 spiro atoms. The van der Waals surface area contributed by atoms with E-state index in [4.69, 9.17) is 9.47 Å². The summed E-state index contributed by atoms with van der Waals surface area (Å²) in [5.41, 5.74) is 9.37. The van der Waals surface area contributed by atoms with Crippen molar-refractivity contribution < 1.29 is 9.47 Å². The SMILES string of the molecule is COc1cccc(/C=C/CN2CCC(=C3c4ccccc4C=Cc4ccccc43)CC2)c1OC. The van der Waals surface area contributed by atoms with E-state index in [-0.39, 0.29) is 0 Å². The van der Waals surface area contributed by atoms with Gasteiger partial charge in [-0.1, -0.05) is 90.5 Å². The average molecular weight is 450 g/mol. The van der Waals surface area contributed by atoms with E-state index in [1.165, 1.54) is 27.8 Å². The van der Waals surface area contributed by atoms with Crippen molar-refractivity contribution in [2.45, 2.75) is 12.8 Å². The third-order valence-electron chi connectivity index (χ3n) is 6.81. The molecule has 0 radical (unpaired) electrons. The molecule has 0 aromatic heterocycles. The zero-order valence-corrected chi connectivity index (χ0v) is 20.0. The van der Waals surface area contributed by atoms with E-state index < -0.39 is 0 Å². The Kier molecular flexibility index (Phi) is 6.64. The van der Waals surface area contributed by atoms with Crippen molar-refractivity contribution in [3.8, 4) is 11.5 Å². The zero-order chi connectivity index (χ0) is 23.3. The van der Waals surface area contributed by atoms with Crippen molar-refractivity contribution >= 4 is 23.8 Å². The van der Waals surface area contributed by atoms with Gasteiger partial charge in [-0.15, -0.1) is 0 Å². The fourth-order valence-corrected chi connectivity index (χ4v) is 5.07. The predicted molar refractivity (Wildman–Crippen MR) is 142 cm³/mol. The molecule has 0 N–H and O–H groups in total. The molecule has 0 atom stereocenters. The first-order valence-corrected chi connectivity index (χ1v) is 12.0. The van der Waals surface area contributed by atoms with Crippen LogP contribution in [0.1, 0.15) is 40.7 Å². The maximum Gasteiger partial charge on any atom is 0.167 e. The number of hydrogen-bond acceptors (Lipinski definition) is 3. The Morgan fingerprint density at radius 2 is 1.41 bits per heavy atom. The van der Waals surface area contributed by atoms with Crippen LogP contribution in [0.4, 0.5) is 0 Å². The molecule has 1 heterocycles. The molecular weight excluding hydrogens is 418 g/mol. The fraction of sp³-hybridized carbons (Fsp3) is 0.226. The Bertz CT molecular complexity index is 1210. The maximum absolute atomic E-state index is 5.56. The number of benzene rings is 3. The molecule has 1 aliphatic heterocycles. The number of methoxy groups -OCH3 is 2. The summed E-state index contributed by atoms with van der Waals surface area (Å²) >= 11 is 0. The lowest BCUT2D eigenvalue weighted by Crippen LogP contribution is -2.31. The molecule has 0 saturated carbocycles.